The molecule has 0 spiro atoms. The van der Waals surface area contributed by atoms with Crippen LogP contribution in [0.25, 0.3) is 11.0 Å². The normalized spacial score (nSPS) is 10.8. The van der Waals surface area contributed by atoms with E-state index in [1.54, 1.807) is 36.2 Å². The summed E-state index contributed by atoms with van der Waals surface area (Å²) in [5.41, 5.74) is 8.98. The number of aryl methyl sites for hydroxylation is 1. The van der Waals surface area contributed by atoms with Gasteiger partial charge in [0.1, 0.15) is 5.58 Å². The van der Waals surface area contributed by atoms with Gasteiger partial charge < -0.3 is 15.1 Å². The fourth-order valence-corrected chi connectivity index (χ4v) is 2.29. The Labute approximate surface area is 122 Å². The van der Waals surface area contributed by atoms with Crippen LogP contribution >= 0.6 is 0 Å². The number of hydrogen-bond acceptors (Lipinski definition) is 3. The van der Waals surface area contributed by atoms with Gasteiger partial charge in [-0.1, -0.05) is 12.1 Å². The maximum Gasteiger partial charge on any atom is 0.293 e. The van der Waals surface area contributed by atoms with Gasteiger partial charge in [-0.3, -0.25) is 4.79 Å². The standard InChI is InChI=1S/C17H16N2O2/c1-11-4-3-5-14(8-11)19(2)17(20)16-10-12-9-13(18)6-7-15(12)21-16/h3-10H,18H2,1-2H3. The SMILES string of the molecule is Cc1cccc(N(C)C(=O)c2cc3cc(N)ccc3o2)c1. The number of anilines is 2. The molecule has 2 N–H and O–H groups in total. The predicted octanol–water partition coefficient (Wildman–Crippen LogP) is 3.60. The number of benzene rings is 2. The van der Waals surface area contributed by atoms with Crippen LogP contribution in [-0.4, -0.2) is 13.0 Å². The summed E-state index contributed by atoms with van der Waals surface area (Å²) in [6.45, 7) is 1.99. The van der Waals surface area contributed by atoms with E-state index in [9.17, 15) is 4.79 Å². The van der Waals surface area contributed by atoms with Crippen molar-refractivity contribution in [3.63, 3.8) is 0 Å². The van der Waals surface area contributed by atoms with Crippen molar-refractivity contribution in [3.05, 3.63) is 59.9 Å². The molecule has 0 saturated heterocycles. The van der Waals surface area contributed by atoms with Gasteiger partial charge >= 0.3 is 0 Å². The molecular weight excluding hydrogens is 264 g/mol. The molecule has 2 aromatic carbocycles. The second-order valence-electron chi connectivity index (χ2n) is 5.11. The highest BCUT2D eigenvalue weighted by molar-refractivity contribution is 6.06. The van der Waals surface area contributed by atoms with E-state index >= 15 is 0 Å². The first-order valence-electron chi connectivity index (χ1n) is 6.68. The van der Waals surface area contributed by atoms with E-state index in [0.29, 0.717) is 17.0 Å². The van der Waals surface area contributed by atoms with E-state index in [4.69, 9.17) is 10.2 Å². The lowest BCUT2D eigenvalue weighted by molar-refractivity contribution is 0.0968. The molecule has 0 unspecified atom stereocenters. The Hall–Kier alpha value is -2.75. The Balaban J connectivity index is 1.96. The van der Waals surface area contributed by atoms with Crippen LogP contribution in [0.5, 0.6) is 0 Å². The van der Waals surface area contributed by atoms with Gasteiger partial charge in [-0.2, -0.15) is 0 Å². The molecule has 1 amide bonds. The van der Waals surface area contributed by atoms with Crippen LogP contribution in [0.4, 0.5) is 11.4 Å². The summed E-state index contributed by atoms with van der Waals surface area (Å²) in [7, 11) is 1.73. The molecule has 3 aromatic rings. The number of rotatable bonds is 2. The Bertz CT molecular complexity index is 821. The summed E-state index contributed by atoms with van der Waals surface area (Å²) < 4.78 is 5.61. The molecule has 3 rings (SSSR count). The van der Waals surface area contributed by atoms with Crippen molar-refractivity contribution in [2.45, 2.75) is 6.92 Å². The molecule has 0 aliphatic rings. The van der Waals surface area contributed by atoms with Crippen molar-refractivity contribution >= 4 is 28.3 Å². The zero-order valence-corrected chi connectivity index (χ0v) is 12.0. The molecule has 1 aromatic heterocycles. The van der Waals surface area contributed by atoms with Crippen LogP contribution in [-0.2, 0) is 0 Å². The van der Waals surface area contributed by atoms with E-state index in [0.717, 1.165) is 16.6 Å². The second kappa shape index (κ2) is 4.98. The number of furan rings is 1. The number of carbonyl (C=O) groups is 1. The summed E-state index contributed by atoms with van der Waals surface area (Å²) in [5.74, 6) is 0.120. The van der Waals surface area contributed by atoms with Crippen LogP contribution in [0, 0.1) is 6.92 Å². The lowest BCUT2D eigenvalue weighted by atomic mass is 10.2. The van der Waals surface area contributed by atoms with E-state index in [1.165, 1.54) is 0 Å². The van der Waals surface area contributed by atoms with Crippen molar-refractivity contribution in [1.82, 2.24) is 0 Å². The summed E-state index contributed by atoms with van der Waals surface area (Å²) in [6.07, 6.45) is 0. The minimum Gasteiger partial charge on any atom is -0.451 e. The highest BCUT2D eigenvalue weighted by Crippen LogP contribution is 2.24. The highest BCUT2D eigenvalue weighted by Gasteiger charge is 2.18. The fourth-order valence-electron chi connectivity index (χ4n) is 2.29. The molecule has 4 nitrogen and oxygen atoms in total. The molecule has 0 atom stereocenters. The Morgan fingerprint density at radius 1 is 1.14 bits per heavy atom. The molecule has 0 radical (unpaired) electrons. The summed E-state index contributed by atoms with van der Waals surface area (Å²) >= 11 is 0. The Kier molecular flexibility index (Phi) is 3.14. The molecule has 1 heterocycles. The summed E-state index contributed by atoms with van der Waals surface area (Å²) in [5, 5.41) is 0.830. The number of nitrogen functional groups attached to an aromatic ring is 1. The molecule has 0 fully saturated rings. The third kappa shape index (κ3) is 2.48. The Morgan fingerprint density at radius 3 is 2.71 bits per heavy atom. The zero-order chi connectivity index (χ0) is 15.0. The average molecular weight is 280 g/mol. The third-order valence-corrected chi connectivity index (χ3v) is 3.44. The minimum atomic E-state index is -0.185. The van der Waals surface area contributed by atoms with Crippen LogP contribution in [0.3, 0.4) is 0 Å². The number of nitrogens with zero attached hydrogens (tertiary/aromatic N) is 1. The van der Waals surface area contributed by atoms with Gasteiger partial charge in [0, 0.05) is 23.8 Å². The molecule has 106 valence electrons. The third-order valence-electron chi connectivity index (χ3n) is 3.44. The maximum atomic E-state index is 12.5. The van der Waals surface area contributed by atoms with E-state index in [2.05, 4.69) is 0 Å². The van der Waals surface area contributed by atoms with Gasteiger partial charge in [-0.05, 0) is 48.9 Å². The lowest BCUT2D eigenvalue weighted by Crippen LogP contribution is -2.25. The Morgan fingerprint density at radius 2 is 1.95 bits per heavy atom. The number of amides is 1. The van der Waals surface area contributed by atoms with Crippen molar-refractivity contribution in [1.29, 1.82) is 0 Å². The van der Waals surface area contributed by atoms with Crippen LogP contribution in [0.1, 0.15) is 16.1 Å². The van der Waals surface area contributed by atoms with Crippen molar-refractivity contribution in [2.75, 3.05) is 17.7 Å². The molecular formula is C17H16N2O2. The van der Waals surface area contributed by atoms with E-state index in [-0.39, 0.29) is 5.91 Å². The first-order chi connectivity index (χ1) is 10.0. The first-order valence-corrected chi connectivity index (χ1v) is 6.68. The largest absolute Gasteiger partial charge is 0.451 e. The average Bonchev–Trinajstić information content (AvgIpc) is 2.88. The molecule has 4 heteroatoms. The van der Waals surface area contributed by atoms with Crippen molar-refractivity contribution in [3.8, 4) is 0 Å². The van der Waals surface area contributed by atoms with Gasteiger partial charge in [0.15, 0.2) is 5.76 Å². The molecule has 0 aliphatic heterocycles. The fraction of sp³-hybridized carbons (Fsp3) is 0.118. The van der Waals surface area contributed by atoms with Crippen molar-refractivity contribution in [2.24, 2.45) is 0 Å². The quantitative estimate of drug-likeness (QED) is 0.730. The maximum absolute atomic E-state index is 12.5. The number of carbonyl (C=O) groups excluding carboxylic acids is 1. The second-order valence-corrected chi connectivity index (χ2v) is 5.11. The van der Waals surface area contributed by atoms with E-state index < -0.39 is 0 Å². The topological polar surface area (TPSA) is 59.5 Å². The molecule has 21 heavy (non-hydrogen) atoms. The lowest BCUT2D eigenvalue weighted by Gasteiger charge is -2.16. The van der Waals surface area contributed by atoms with Gasteiger partial charge in [0.05, 0.1) is 0 Å². The smallest absolute Gasteiger partial charge is 0.293 e. The van der Waals surface area contributed by atoms with Gasteiger partial charge in [0.2, 0.25) is 0 Å². The highest BCUT2D eigenvalue weighted by atomic mass is 16.3. The monoisotopic (exact) mass is 280 g/mol. The van der Waals surface area contributed by atoms with Crippen LogP contribution in [0.15, 0.2) is 52.9 Å². The number of hydrogen-bond donors (Lipinski definition) is 1. The van der Waals surface area contributed by atoms with E-state index in [1.807, 2.05) is 31.2 Å². The predicted molar refractivity (Wildman–Crippen MR) is 84.5 cm³/mol. The van der Waals surface area contributed by atoms with Crippen LogP contribution in [0.2, 0.25) is 0 Å². The first kappa shape index (κ1) is 13.2. The van der Waals surface area contributed by atoms with Gasteiger partial charge in [-0.25, -0.2) is 0 Å². The number of nitrogens with two attached hydrogens (primary N) is 1. The molecule has 0 aliphatic carbocycles. The van der Waals surface area contributed by atoms with Crippen LogP contribution < -0.4 is 10.6 Å². The van der Waals surface area contributed by atoms with Crippen molar-refractivity contribution < 1.29 is 9.21 Å². The zero-order valence-electron chi connectivity index (χ0n) is 12.0. The number of fused-ring (bicyclic) bond motifs is 1. The summed E-state index contributed by atoms with van der Waals surface area (Å²) in [4.78, 5) is 14.1. The summed E-state index contributed by atoms with van der Waals surface area (Å²) in [6, 6.07) is 14.8. The van der Waals surface area contributed by atoms with Gasteiger partial charge in [0.25, 0.3) is 5.91 Å². The molecule has 0 bridgehead atoms. The minimum absolute atomic E-state index is 0.185. The molecule has 0 saturated carbocycles. The van der Waals surface area contributed by atoms with Gasteiger partial charge in [-0.15, -0.1) is 0 Å².